The van der Waals surface area contributed by atoms with Crippen molar-refractivity contribution in [1.29, 1.82) is 5.26 Å². The number of nitrogens with zero attached hydrogens (tertiary/aromatic N) is 7. The molecule has 35 heavy (non-hydrogen) atoms. The highest BCUT2D eigenvalue weighted by atomic mass is 35.5. The Bertz CT molecular complexity index is 1510. The fraction of sp³-hybridized carbons (Fsp3) is 0.0800. The van der Waals surface area contributed by atoms with Gasteiger partial charge in [0.05, 0.1) is 45.7 Å². The number of thioether (sulfide) groups is 1. The molecule has 172 valence electrons. The van der Waals surface area contributed by atoms with E-state index in [-0.39, 0.29) is 0 Å². The predicted octanol–water partition coefficient (Wildman–Crippen LogP) is 6.04. The predicted molar refractivity (Wildman–Crippen MR) is 137 cm³/mol. The van der Waals surface area contributed by atoms with Gasteiger partial charge < -0.3 is 0 Å². The van der Waals surface area contributed by atoms with Crippen molar-refractivity contribution in [3.8, 4) is 23.1 Å². The van der Waals surface area contributed by atoms with Gasteiger partial charge in [-0.05, 0) is 51.9 Å². The van der Waals surface area contributed by atoms with Gasteiger partial charge in [-0.2, -0.15) is 10.4 Å². The van der Waals surface area contributed by atoms with Crippen LogP contribution in [0.1, 0.15) is 16.7 Å². The van der Waals surface area contributed by atoms with Gasteiger partial charge in [0, 0.05) is 5.75 Å². The van der Waals surface area contributed by atoms with Crippen molar-refractivity contribution >= 4 is 35.0 Å². The molecule has 5 rings (SSSR count). The number of rotatable bonds is 7. The molecule has 3 aromatic carbocycles. The molecule has 5 aromatic rings. The Morgan fingerprint density at radius 2 is 1.71 bits per heavy atom. The summed E-state index contributed by atoms with van der Waals surface area (Å²) in [5, 5.41) is 27.9. The SMILES string of the molecule is N#Cc1ccc(Cn2nnnc2-c2cnn(-c3ccc(Cl)c(Cl)c3)c2SCc2ccccc2)cc1. The van der Waals surface area contributed by atoms with Gasteiger partial charge in [-0.1, -0.05) is 65.7 Å². The van der Waals surface area contributed by atoms with E-state index >= 15 is 0 Å². The number of benzene rings is 3. The molecular weight excluding hydrogens is 501 g/mol. The van der Waals surface area contributed by atoms with Crippen LogP contribution in [-0.4, -0.2) is 30.0 Å². The lowest BCUT2D eigenvalue weighted by molar-refractivity contribution is 0.652. The fourth-order valence-corrected chi connectivity index (χ4v) is 4.88. The van der Waals surface area contributed by atoms with Crippen LogP contribution in [0.25, 0.3) is 17.1 Å². The van der Waals surface area contributed by atoms with Gasteiger partial charge in [-0.3, -0.25) is 0 Å². The summed E-state index contributed by atoms with van der Waals surface area (Å²) in [4.78, 5) is 0. The molecule has 10 heteroatoms. The van der Waals surface area contributed by atoms with Crippen LogP contribution < -0.4 is 0 Å². The first-order valence-electron chi connectivity index (χ1n) is 10.6. The minimum atomic E-state index is 0.450. The summed E-state index contributed by atoms with van der Waals surface area (Å²) in [5.74, 6) is 1.33. The fourth-order valence-electron chi connectivity index (χ4n) is 3.52. The third-order valence-corrected chi connectivity index (χ3v) is 7.16. The monoisotopic (exact) mass is 517 g/mol. The van der Waals surface area contributed by atoms with Gasteiger partial charge in [-0.15, -0.1) is 16.9 Å². The highest BCUT2D eigenvalue weighted by Gasteiger charge is 2.21. The van der Waals surface area contributed by atoms with E-state index in [1.165, 1.54) is 5.56 Å². The van der Waals surface area contributed by atoms with Crippen LogP contribution >= 0.6 is 35.0 Å². The van der Waals surface area contributed by atoms with Crippen LogP contribution in [-0.2, 0) is 12.3 Å². The Labute approximate surface area is 215 Å². The standard InChI is InChI=1S/C25H17Cl2N7S/c26-22-11-10-20(12-23(22)27)34-25(35-16-19-4-2-1-3-5-19)21(14-29-34)24-30-31-32-33(24)15-18-8-6-17(13-28)7-9-18/h1-12,14H,15-16H2. The van der Waals surface area contributed by atoms with Crippen LogP contribution in [0.15, 0.2) is 84.0 Å². The van der Waals surface area contributed by atoms with Crippen molar-refractivity contribution < 1.29 is 0 Å². The van der Waals surface area contributed by atoms with Crippen molar-refractivity contribution in [1.82, 2.24) is 30.0 Å². The van der Waals surface area contributed by atoms with E-state index in [1.54, 1.807) is 46.9 Å². The van der Waals surface area contributed by atoms with E-state index in [0.29, 0.717) is 28.0 Å². The van der Waals surface area contributed by atoms with Crippen LogP contribution in [0.4, 0.5) is 0 Å². The van der Waals surface area contributed by atoms with Crippen LogP contribution in [0.3, 0.4) is 0 Å². The summed E-state index contributed by atoms with van der Waals surface area (Å²) in [6.07, 6.45) is 1.76. The summed E-state index contributed by atoms with van der Waals surface area (Å²) < 4.78 is 3.55. The summed E-state index contributed by atoms with van der Waals surface area (Å²) in [5.41, 5.74) is 4.35. The molecule has 0 fully saturated rings. The molecule has 0 atom stereocenters. The van der Waals surface area contributed by atoms with Gasteiger partial charge in [0.1, 0.15) is 5.03 Å². The van der Waals surface area contributed by atoms with Crippen molar-refractivity contribution in [2.75, 3.05) is 0 Å². The minimum Gasteiger partial charge on any atom is -0.226 e. The van der Waals surface area contributed by atoms with Gasteiger partial charge in [0.2, 0.25) is 0 Å². The van der Waals surface area contributed by atoms with Gasteiger partial charge in [0.25, 0.3) is 0 Å². The zero-order valence-corrected chi connectivity index (χ0v) is 20.5. The van der Waals surface area contributed by atoms with Gasteiger partial charge >= 0.3 is 0 Å². The molecule has 0 unspecified atom stereocenters. The number of hydrogen-bond donors (Lipinski definition) is 0. The summed E-state index contributed by atoms with van der Waals surface area (Å²) >= 11 is 14.1. The third-order valence-electron chi connectivity index (χ3n) is 5.28. The quantitative estimate of drug-likeness (QED) is 0.244. The molecule has 7 nitrogen and oxygen atoms in total. The summed E-state index contributed by atoms with van der Waals surface area (Å²) in [6.45, 7) is 0.453. The summed E-state index contributed by atoms with van der Waals surface area (Å²) in [6, 6.07) is 25.1. The molecule has 0 saturated heterocycles. The first-order valence-corrected chi connectivity index (χ1v) is 12.3. The lowest BCUT2D eigenvalue weighted by Crippen LogP contribution is -2.05. The number of aromatic nitrogens is 6. The molecule has 0 radical (unpaired) electrons. The summed E-state index contributed by atoms with van der Waals surface area (Å²) in [7, 11) is 0. The highest BCUT2D eigenvalue weighted by Crippen LogP contribution is 2.35. The first-order chi connectivity index (χ1) is 17.1. The van der Waals surface area contributed by atoms with Gasteiger partial charge in [-0.25, -0.2) is 9.36 Å². The second kappa shape index (κ2) is 10.3. The molecular formula is C25H17Cl2N7S. The zero-order chi connectivity index (χ0) is 24.2. The Morgan fingerprint density at radius 1 is 0.914 bits per heavy atom. The molecule has 0 spiro atoms. The Kier molecular flexibility index (Phi) is 6.82. The maximum Gasteiger partial charge on any atom is 0.186 e. The number of halogens is 2. The average Bonchev–Trinajstić information content (AvgIpc) is 3.52. The van der Waals surface area contributed by atoms with E-state index < -0.39 is 0 Å². The van der Waals surface area contributed by atoms with Crippen molar-refractivity contribution in [3.05, 3.63) is 106 Å². The largest absolute Gasteiger partial charge is 0.226 e. The topological polar surface area (TPSA) is 85.2 Å². The molecule has 2 aromatic heterocycles. The van der Waals surface area contributed by atoms with E-state index in [0.717, 1.165) is 27.6 Å². The number of nitriles is 1. The second-order valence-electron chi connectivity index (χ2n) is 7.62. The number of tetrazole rings is 1. The molecule has 0 bridgehead atoms. The Balaban J connectivity index is 1.53. The van der Waals surface area contributed by atoms with E-state index in [2.05, 4.69) is 38.8 Å². The molecule has 0 N–H and O–H groups in total. The zero-order valence-electron chi connectivity index (χ0n) is 18.2. The Morgan fingerprint density at radius 3 is 2.46 bits per heavy atom. The third kappa shape index (κ3) is 5.08. The number of hydrogen-bond acceptors (Lipinski definition) is 6. The van der Waals surface area contributed by atoms with Crippen LogP contribution in [0.2, 0.25) is 10.0 Å². The smallest absolute Gasteiger partial charge is 0.186 e. The second-order valence-corrected chi connectivity index (χ2v) is 9.40. The molecule has 2 heterocycles. The van der Waals surface area contributed by atoms with Crippen molar-refractivity contribution in [2.45, 2.75) is 17.3 Å². The highest BCUT2D eigenvalue weighted by molar-refractivity contribution is 7.98. The maximum absolute atomic E-state index is 9.06. The molecule has 0 aliphatic carbocycles. The maximum atomic E-state index is 9.06. The lowest BCUT2D eigenvalue weighted by atomic mass is 10.1. The van der Waals surface area contributed by atoms with Crippen LogP contribution in [0, 0.1) is 11.3 Å². The van der Waals surface area contributed by atoms with E-state index in [4.69, 9.17) is 28.5 Å². The van der Waals surface area contributed by atoms with Gasteiger partial charge in [0.15, 0.2) is 5.82 Å². The molecule has 0 amide bonds. The van der Waals surface area contributed by atoms with E-state index in [9.17, 15) is 0 Å². The molecule has 0 saturated carbocycles. The Hall–Kier alpha value is -3.64. The molecule has 0 aliphatic rings. The lowest BCUT2D eigenvalue weighted by Gasteiger charge is -2.11. The first kappa shape index (κ1) is 23.1. The van der Waals surface area contributed by atoms with Crippen LogP contribution in [0.5, 0.6) is 0 Å². The minimum absolute atomic E-state index is 0.450. The normalized spacial score (nSPS) is 10.9. The average molecular weight is 518 g/mol. The van der Waals surface area contributed by atoms with Crippen molar-refractivity contribution in [3.63, 3.8) is 0 Å². The van der Waals surface area contributed by atoms with Crippen molar-refractivity contribution in [2.24, 2.45) is 0 Å². The molecule has 0 aliphatic heterocycles. The van der Waals surface area contributed by atoms with E-state index in [1.807, 2.05) is 41.1 Å².